The first-order chi connectivity index (χ1) is 17.8. The lowest BCUT2D eigenvalue weighted by atomic mass is 9.99. The molecular weight excluding hydrogens is 468 g/mol. The van der Waals surface area contributed by atoms with E-state index in [9.17, 15) is 5.11 Å². The highest BCUT2D eigenvalue weighted by Crippen LogP contribution is 2.36. The van der Waals surface area contributed by atoms with Crippen LogP contribution < -0.4 is 16.8 Å². The summed E-state index contributed by atoms with van der Waals surface area (Å²) in [5, 5.41) is 34.6. The van der Waals surface area contributed by atoms with Gasteiger partial charge in [-0.25, -0.2) is 15.0 Å². The molecule has 11 nitrogen and oxygen atoms in total. The fourth-order valence-electron chi connectivity index (χ4n) is 3.12. The number of aromatic nitrogens is 5. The highest BCUT2D eigenvalue weighted by molar-refractivity contribution is 5.87. The Morgan fingerprint density at radius 1 is 1.05 bits per heavy atom. The molecule has 0 aliphatic heterocycles. The first-order valence-corrected chi connectivity index (χ1v) is 10.6. The Hall–Kier alpha value is -5.94. The van der Waals surface area contributed by atoms with Crippen LogP contribution in [0.5, 0.6) is 5.75 Å². The molecule has 4 rings (SSSR count). The molecule has 0 aliphatic carbocycles. The molecule has 0 bridgehead atoms. The minimum Gasteiger partial charge on any atom is -0.505 e. The molecule has 4 aromatic rings. The minimum absolute atomic E-state index is 0.0864. The van der Waals surface area contributed by atoms with Crippen molar-refractivity contribution in [2.45, 2.75) is 0 Å². The summed E-state index contributed by atoms with van der Waals surface area (Å²) in [5.41, 5.74) is 14.8. The van der Waals surface area contributed by atoms with Gasteiger partial charge in [0, 0.05) is 35.4 Å². The van der Waals surface area contributed by atoms with Crippen molar-refractivity contribution < 1.29 is 5.11 Å². The lowest BCUT2D eigenvalue weighted by Gasteiger charge is -2.15. The summed E-state index contributed by atoms with van der Waals surface area (Å²) in [7, 11) is 0. The number of rotatable bonds is 6. The molecule has 0 unspecified atom stereocenters. The highest BCUT2D eigenvalue weighted by Gasteiger charge is 2.15. The number of phenolic OH excluding ortho intramolecular Hbond substituents is 1. The molecule has 0 fully saturated rings. The van der Waals surface area contributed by atoms with E-state index >= 15 is 0 Å². The normalized spacial score (nSPS) is 9.68. The van der Waals surface area contributed by atoms with Gasteiger partial charge in [-0.15, -0.1) is 0 Å². The number of aromatic hydroxyl groups is 1. The van der Waals surface area contributed by atoms with E-state index in [2.05, 4.69) is 45.1 Å². The van der Waals surface area contributed by atoms with Gasteiger partial charge < -0.3 is 21.9 Å². The number of anilines is 3. The number of pyridine rings is 1. The second kappa shape index (κ2) is 11.5. The molecule has 11 heteroatoms. The number of phenols is 1. The molecule has 0 aliphatic rings. The van der Waals surface area contributed by atoms with E-state index in [1.807, 2.05) is 12.1 Å². The molecular formula is C26H22N10O. The number of nitriles is 2. The summed E-state index contributed by atoms with van der Waals surface area (Å²) in [4.78, 5) is 12.0. The number of hydrogen-bond donors (Lipinski definition) is 4. The zero-order chi connectivity index (χ0) is 26.9. The summed E-state index contributed by atoms with van der Waals surface area (Å²) in [6.07, 6.45) is 9.17. The van der Waals surface area contributed by atoms with Crippen molar-refractivity contribution in [2.24, 2.45) is 0 Å². The van der Waals surface area contributed by atoms with E-state index in [4.69, 9.17) is 22.0 Å². The average Bonchev–Trinajstić information content (AvgIpc) is 3.31. The maximum atomic E-state index is 10.3. The fraction of sp³-hybridized carbons (Fsp3) is 0. The van der Waals surface area contributed by atoms with Crippen molar-refractivity contribution in [1.29, 1.82) is 10.5 Å². The van der Waals surface area contributed by atoms with Gasteiger partial charge in [0.1, 0.15) is 35.1 Å². The molecule has 3 aromatic heterocycles. The predicted octanol–water partition coefficient (Wildman–Crippen LogP) is 3.73. The smallest absolute Gasteiger partial charge is 0.252 e. The van der Waals surface area contributed by atoms with Crippen molar-refractivity contribution in [1.82, 2.24) is 24.7 Å². The van der Waals surface area contributed by atoms with E-state index < -0.39 is 0 Å². The Balaban J connectivity index is 0.000000231. The third-order valence-electron chi connectivity index (χ3n) is 5.00. The number of nitrogens with one attached hydrogen (secondary N) is 1. The maximum absolute atomic E-state index is 10.3. The van der Waals surface area contributed by atoms with Crippen LogP contribution in [0.4, 0.5) is 17.3 Å². The Labute approximate surface area is 213 Å². The van der Waals surface area contributed by atoms with E-state index in [0.717, 1.165) is 5.56 Å². The van der Waals surface area contributed by atoms with Gasteiger partial charge in [0.05, 0.1) is 17.4 Å². The summed E-state index contributed by atoms with van der Waals surface area (Å²) in [5.74, 6) is 1.02. The molecule has 0 atom stereocenters. The van der Waals surface area contributed by atoms with Crippen molar-refractivity contribution >= 4 is 35.2 Å². The number of hydrogen-bond acceptors (Lipinski definition) is 10. The van der Waals surface area contributed by atoms with Gasteiger partial charge in [0.15, 0.2) is 0 Å². The lowest BCUT2D eigenvalue weighted by Crippen LogP contribution is -2.06. The van der Waals surface area contributed by atoms with Crippen molar-refractivity contribution in [3.63, 3.8) is 0 Å². The Morgan fingerprint density at radius 2 is 1.78 bits per heavy atom. The van der Waals surface area contributed by atoms with Crippen molar-refractivity contribution in [2.75, 3.05) is 16.8 Å². The number of benzene rings is 1. The molecule has 6 N–H and O–H groups in total. The first kappa shape index (κ1) is 25.7. The summed E-state index contributed by atoms with van der Waals surface area (Å²) < 4.78 is 1.32. The van der Waals surface area contributed by atoms with Crippen LogP contribution in [-0.2, 0) is 0 Å². The van der Waals surface area contributed by atoms with Crippen molar-refractivity contribution in [3.8, 4) is 23.8 Å². The van der Waals surface area contributed by atoms with Crippen LogP contribution in [0.1, 0.15) is 27.8 Å². The van der Waals surface area contributed by atoms with E-state index in [-0.39, 0.29) is 17.3 Å². The van der Waals surface area contributed by atoms with E-state index in [0.29, 0.717) is 39.7 Å². The Kier molecular flexibility index (Phi) is 7.96. The predicted molar refractivity (Wildman–Crippen MR) is 143 cm³/mol. The molecule has 0 spiro atoms. The average molecular weight is 491 g/mol. The van der Waals surface area contributed by atoms with Gasteiger partial charge in [-0.05, 0) is 29.8 Å². The van der Waals surface area contributed by atoms with E-state index in [1.165, 1.54) is 17.1 Å². The molecule has 1 aromatic carbocycles. The van der Waals surface area contributed by atoms with Crippen LogP contribution in [0.15, 0.2) is 68.8 Å². The number of nitrogen functional groups attached to an aromatic ring is 2. The van der Waals surface area contributed by atoms with Crippen LogP contribution in [0, 0.1) is 22.7 Å². The van der Waals surface area contributed by atoms with Gasteiger partial charge in [-0.1, -0.05) is 31.9 Å². The molecule has 37 heavy (non-hydrogen) atoms. The highest BCUT2D eigenvalue weighted by atomic mass is 16.3. The monoisotopic (exact) mass is 490 g/mol. The summed E-state index contributed by atoms with van der Waals surface area (Å²) in [6, 6.07) is 10.6. The molecule has 182 valence electrons. The van der Waals surface area contributed by atoms with Gasteiger partial charge in [-0.2, -0.15) is 20.3 Å². The second-order valence-corrected chi connectivity index (χ2v) is 7.26. The number of nitrogens with zero attached hydrogens (tertiary/aromatic N) is 7. The van der Waals surface area contributed by atoms with E-state index in [1.54, 1.807) is 48.8 Å². The fourth-order valence-corrected chi connectivity index (χ4v) is 3.12. The molecule has 0 saturated heterocycles. The van der Waals surface area contributed by atoms with Crippen LogP contribution in [-0.4, -0.2) is 29.8 Å². The van der Waals surface area contributed by atoms with Crippen LogP contribution in [0.25, 0.3) is 23.8 Å². The SMILES string of the molecule is C=Cc1cc(C(=C)Nc2ccc(C#N)cn2)c(O)c(N)c1C=C.N#Cc1cnn(-c2ncccn2)c1N. The second-order valence-electron chi connectivity index (χ2n) is 7.26. The standard InChI is InChI=1S/C18H16N4O.C8H6N6/c1-4-13-8-15(18(23)17(20)14(13)5-2)11(3)22-16-7-6-12(9-19)10-21-16;9-4-6-5-13-14(7(6)10)8-11-2-1-3-12-8/h4-8,10,23H,1-3,20H2,(H,21,22);1-3,5H,10H2. The molecule has 0 amide bonds. The quantitative estimate of drug-likeness (QED) is 0.229. The molecule has 0 saturated carbocycles. The molecule has 0 radical (unpaired) electrons. The maximum Gasteiger partial charge on any atom is 0.252 e. The van der Waals surface area contributed by atoms with Crippen LogP contribution >= 0.6 is 0 Å². The number of nitrogens with two attached hydrogens (primary N) is 2. The largest absolute Gasteiger partial charge is 0.505 e. The van der Waals surface area contributed by atoms with Crippen molar-refractivity contribution in [3.05, 3.63) is 96.6 Å². The van der Waals surface area contributed by atoms with Crippen LogP contribution in [0.3, 0.4) is 0 Å². The third-order valence-corrected chi connectivity index (χ3v) is 5.00. The third kappa shape index (κ3) is 5.59. The zero-order valence-electron chi connectivity index (χ0n) is 19.6. The summed E-state index contributed by atoms with van der Waals surface area (Å²) >= 11 is 0. The van der Waals surface area contributed by atoms with Gasteiger partial charge in [0.2, 0.25) is 0 Å². The lowest BCUT2D eigenvalue weighted by molar-refractivity contribution is 0.476. The minimum atomic E-state index is -0.0864. The van der Waals surface area contributed by atoms with Gasteiger partial charge >= 0.3 is 0 Å². The Bertz CT molecular complexity index is 1540. The molecule has 3 heterocycles. The Morgan fingerprint density at radius 3 is 2.32 bits per heavy atom. The van der Waals surface area contributed by atoms with Gasteiger partial charge in [0.25, 0.3) is 5.95 Å². The summed E-state index contributed by atoms with van der Waals surface area (Å²) in [6.45, 7) is 11.3. The zero-order valence-corrected chi connectivity index (χ0v) is 19.6. The first-order valence-electron chi connectivity index (χ1n) is 10.6. The topological polar surface area (TPSA) is 188 Å². The van der Waals surface area contributed by atoms with Crippen LogP contribution in [0.2, 0.25) is 0 Å². The van der Waals surface area contributed by atoms with Gasteiger partial charge in [-0.3, -0.25) is 0 Å².